The van der Waals surface area contributed by atoms with Crippen LogP contribution in [0.3, 0.4) is 0 Å². The monoisotopic (exact) mass is 265 g/mol. The first-order valence-electron chi connectivity index (χ1n) is 6.55. The lowest BCUT2D eigenvalue weighted by Gasteiger charge is -2.49. The lowest BCUT2D eigenvalue weighted by atomic mass is 9.79. The first-order chi connectivity index (χ1) is 8.74. The zero-order chi connectivity index (χ0) is 14.4. The Kier molecular flexibility index (Phi) is 3.29. The van der Waals surface area contributed by atoms with E-state index in [0.717, 1.165) is 12.0 Å². The largest absolute Gasteiger partial charge is 0.480 e. The molecule has 0 bridgehead atoms. The smallest absolute Gasteiger partial charge is 0.326 e. The van der Waals surface area contributed by atoms with Gasteiger partial charge in [0.05, 0.1) is 0 Å². The molecule has 0 unspecified atom stereocenters. The van der Waals surface area contributed by atoms with Crippen LogP contribution in [0.15, 0.2) is 18.2 Å². The second kappa shape index (κ2) is 4.51. The number of halogens is 1. The van der Waals surface area contributed by atoms with Gasteiger partial charge in [-0.25, -0.2) is 9.18 Å². The number of hydrogen-bond donors (Lipinski definition) is 1. The van der Waals surface area contributed by atoms with E-state index >= 15 is 0 Å². The zero-order valence-electron chi connectivity index (χ0n) is 11.8. The van der Waals surface area contributed by atoms with Crippen LogP contribution in [0.2, 0.25) is 0 Å². The number of nitrogens with zero attached hydrogens (tertiary/aromatic N) is 1. The second-order valence-corrected chi connectivity index (χ2v) is 6.00. The maximum atomic E-state index is 13.5. The normalized spacial score (nSPS) is 22.8. The molecule has 2 rings (SSSR count). The van der Waals surface area contributed by atoms with Crippen molar-refractivity contribution < 1.29 is 14.3 Å². The van der Waals surface area contributed by atoms with Crippen molar-refractivity contribution in [1.82, 2.24) is 0 Å². The molecule has 1 aromatic carbocycles. The highest BCUT2D eigenvalue weighted by atomic mass is 19.1. The van der Waals surface area contributed by atoms with Gasteiger partial charge in [-0.2, -0.15) is 0 Å². The van der Waals surface area contributed by atoms with Crippen LogP contribution in [0, 0.1) is 5.82 Å². The van der Waals surface area contributed by atoms with Crippen LogP contribution < -0.4 is 4.90 Å². The highest BCUT2D eigenvalue weighted by Crippen LogP contribution is 2.44. The van der Waals surface area contributed by atoms with Gasteiger partial charge in [-0.1, -0.05) is 13.0 Å². The molecule has 2 atom stereocenters. The fourth-order valence-corrected chi connectivity index (χ4v) is 3.27. The van der Waals surface area contributed by atoms with E-state index in [1.807, 2.05) is 18.7 Å². The number of carboxylic acid groups (broad SMARTS) is 1. The van der Waals surface area contributed by atoms with E-state index in [4.69, 9.17) is 0 Å². The summed E-state index contributed by atoms with van der Waals surface area (Å²) in [5.41, 5.74) is 1.42. The van der Waals surface area contributed by atoms with E-state index in [0.29, 0.717) is 11.6 Å². The summed E-state index contributed by atoms with van der Waals surface area (Å²) >= 11 is 0. The number of carboxylic acids is 1. The summed E-state index contributed by atoms with van der Waals surface area (Å²) in [6.45, 7) is 7.77. The maximum absolute atomic E-state index is 13.5. The van der Waals surface area contributed by atoms with Gasteiger partial charge in [-0.05, 0) is 50.8 Å². The molecular weight excluding hydrogens is 245 g/mol. The summed E-state index contributed by atoms with van der Waals surface area (Å²) in [5.74, 6) is -0.924. The van der Waals surface area contributed by atoms with E-state index < -0.39 is 12.0 Å². The molecule has 0 radical (unpaired) electrons. The van der Waals surface area contributed by atoms with Crippen molar-refractivity contribution in [3.63, 3.8) is 0 Å². The minimum atomic E-state index is -0.891. The molecule has 0 saturated carbocycles. The summed E-state index contributed by atoms with van der Waals surface area (Å²) in [7, 11) is 0. The Morgan fingerprint density at radius 1 is 1.53 bits per heavy atom. The number of carbonyl (C=O) groups is 1. The second-order valence-electron chi connectivity index (χ2n) is 6.00. The average molecular weight is 265 g/mol. The number of anilines is 1. The number of fused-ring (bicyclic) bond motifs is 1. The van der Waals surface area contributed by atoms with Crippen LogP contribution in [0.5, 0.6) is 0 Å². The minimum Gasteiger partial charge on any atom is -0.480 e. The molecule has 1 aliphatic rings. The van der Waals surface area contributed by atoms with Crippen molar-refractivity contribution in [2.45, 2.75) is 51.6 Å². The molecule has 19 heavy (non-hydrogen) atoms. The van der Waals surface area contributed by atoms with Crippen LogP contribution >= 0.6 is 0 Å². The summed E-state index contributed by atoms with van der Waals surface area (Å²) < 4.78 is 13.5. The molecule has 0 aromatic heterocycles. The Balaban J connectivity index is 2.60. The molecule has 4 heteroatoms. The third-order valence-corrected chi connectivity index (χ3v) is 3.99. The predicted molar refractivity (Wildman–Crippen MR) is 73.1 cm³/mol. The Labute approximate surface area is 113 Å². The molecular formula is C15H20FNO2. The van der Waals surface area contributed by atoms with Crippen molar-refractivity contribution in [3.05, 3.63) is 29.6 Å². The van der Waals surface area contributed by atoms with Crippen LogP contribution in [-0.4, -0.2) is 22.7 Å². The lowest BCUT2D eigenvalue weighted by Crippen LogP contribution is -2.55. The fourth-order valence-electron chi connectivity index (χ4n) is 3.27. The van der Waals surface area contributed by atoms with Gasteiger partial charge in [0.2, 0.25) is 0 Å². The van der Waals surface area contributed by atoms with Gasteiger partial charge < -0.3 is 10.0 Å². The van der Waals surface area contributed by atoms with E-state index in [1.54, 1.807) is 13.0 Å². The standard InChI is InChI=1S/C15H20FNO2/c1-9-8-15(3,4)17(10(2)14(18)19)13-7-11(16)5-6-12(9)13/h5-7,9-10H,8H2,1-4H3,(H,18,19)/t9-,10-/m0/s1. The lowest BCUT2D eigenvalue weighted by molar-refractivity contribution is -0.138. The maximum Gasteiger partial charge on any atom is 0.326 e. The molecule has 1 heterocycles. The van der Waals surface area contributed by atoms with Crippen LogP contribution in [0.25, 0.3) is 0 Å². The summed E-state index contributed by atoms with van der Waals surface area (Å²) in [6, 6.07) is 3.98. The number of benzene rings is 1. The first kappa shape index (κ1) is 13.8. The van der Waals surface area contributed by atoms with Crippen molar-refractivity contribution in [3.8, 4) is 0 Å². The number of rotatable bonds is 2. The van der Waals surface area contributed by atoms with Crippen LogP contribution in [-0.2, 0) is 4.79 Å². The minimum absolute atomic E-state index is 0.294. The van der Waals surface area contributed by atoms with E-state index in [2.05, 4.69) is 6.92 Å². The molecule has 3 nitrogen and oxygen atoms in total. The molecule has 0 spiro atoms. The molecule has 0 amide bonds. The third kappa shape index (κ3) is 2.31. The topological polar surface area (TPSA) is 40.5 Å². The van der Waals surface area contributed by atoms with Gasteiger partial charge in [0.1, 0.15) is 11.9 Å². The van der Waals surface area contributed by atoms with E-state index in [9.17, 15) is 14.3 Å². The van der Waals surface area contributed by atoms with Gasteiger partial charge >= 0.3 is 5.97 Å². The van der Waals surface area contributed by atoms with Crippen molar-refractivity contribution in [2.75, 3.05) is 4.90 Å². The molecule has 104 valence electrons. The Morgan fingerprint density at radius 2 is 2.16 bits per heavy atom. The third-order valence-electron chi connectivity index (χ3n) is 3.99. The predicted octanol–water partition coefficient (Wildman–Crippen LogP) is 3.39. The quantitative estimate of drug-likeness (QED) is 0.891. The number of hydrogen-bond acceptors (Lipinski definition) is 2. The summed E-state index contributed by atoms with van der Waals surface area (Å²) in [4.78, 5) is 13.2. The SMILES string of the molecule is C[C@H]1CC(C)(C)N([C@@H](C)C(=O)O)c2cc(F)ccc21. The molecule has 1 aliphatic heterocycles. The van der Waals surface area contributed by atoms with Crippen LogP contribution in [0.4, 0.5) is 10.1 Å². The Morgan fingerprint density at radius 3 is 2.74 bits per heavy atom. The molecule has 1 aromatic rings. The van der Waals surface area contributed by atoms with Crippen molar-refractivity contribution in [2.24, 2.45) is 0 Å². The fraction of sp³-hybridized carbons (Fsp3) is 0.533. The Hall–Kier alpha value is -1.58. The van der Waals surface area contributed by atoms with Gasteiger partial charge in [-0.15, -0.1) is 0 Å². The Bertz CT molecular complexity index is 513. The van der Waals surface area contributed by atoms with Gasteiger partial charge in [0.25, 0.3) is 0 Å². The molecule has 0 aliphatic carbocycles. The van der Waals surface area contributed by atoms with E-state index in [1.165, 1.54) is 12.1 Å². The molecule has 0 saturated heterocycles. The highest BCUT2D eigenvalue weighted by molar-refractivity contribution is 5.79. The van der Waals surface area contributed by atoms with Crippen LogP contribution in [0.1, 0.15) is 45.6 Å². The summed E-state index contributed by atoms with van der Waals surface area (Å²) in [5, 5.41) is 9.29. The molecule has 1 N–H and O–H groups in total. The van der Waals surface area contributed by atoms with Crippen molar-refractivity contribution in [1.29, 1.82) is 0 Å². The average Bonchev–Trinajstić information content (AvgIpc) is 2.26. The first-order valence-corrected chi connectivity index (χ1v) is 6.55. The summed E-state index contributed by atoms with van der Waals surface area (Å²) in [6.07, 6.45) is 0.850. The highest BCUT2D eigenvalue weighted by Gasteiger charge is 2.40. The zero-order valence-corrected chi connectivity index (χ0v) is 11.8. The number of aliphatic carboxylic acids is 1. The van der Waals surface area contributed by atoms with Gasteiger partial charge in [0, 0.05) is 11.2 Å². The van der Waals surface area contributed by atoms with Crippen molar-refractivity contribution >= 4 is 11.7 Å². The van der Waals surface area contributed by atoms with Gasteiger partial charge in [-0.3, -0.25) is 0 Å². The van der Waals surface area contributed by atoms with E-state index in [-0.39, 0.29) is 11.4 Å². The van der Waals surface area contributed by atoms with Gasteiger partial charge in [0.15, 0.2) is 0 Å². The molecule has 0 fully saturated rings.